The molecule has 0 saturated carbocycles. The Kier molecular flexibility index (Phi) is 22.8. The van der Waals surface area contributed by atoms with Crippen LogP contribution >= 0.6 is 0 Å². The topological polar surface area (TPSA) is 36.1 Å². The van der Waals surface area contributed by atoms with Crippen LogP contribution in [0.4, 0.5) is 0 Å². The molecule has 0 aliphatic rings. The average Bonchev–Trinajstić information content (AvgIpc) is 2.60. The Morgan fingerprint density at radius 3 is 1.12 bits per heavy atom. The minimum atomic E-state index is 1.10. The molecule has 3 nitrogen and oxygen atoms in total. The highest BCUT2D eigenvalue weighted by molar-refractivity contribution is 4.56. The maximum Gasteiger partial charge on any atom is 0.00767 e. The minimum Gasteiger partial charge on any atom is -0.317 e. The molecular weight excluding hydrogens is 294 g/mol. The third kappa shape index (κ3) is 21.9. The molecule has 0 aliphatic carbocycles. The lowest BCUT2D eigenvalue weighted by Gasteiger charge is -2.08. The van der Waals surface area contributed by atoms with Crippen LogP contribution in [0.5, 0.6) is 0 Å². The smallest absolute Gasteiger partial charge is 0.00767 e. The Hall–Kier alpha value is -0.120. The first kappa shape index (κ1) is 23.9. The lowest BCUT2D eigenvalue weighted by molar-refractivity contribution is 0.537. The lowest BCUT2D eigenvalue weighted by Crippen LogP contribution is -2.30. The standard InChI is InChI=1S/C21H47N3/c1-3-5-7-9-11-13-16-22-18-15-19-24-21-20-23-17-14-12-10-8-6-4-2/h22-24H,3-21H2,1-2H3. The first-order chi connectivity index (χ1) is 11.9. The van der Waals surface area contributed by atoms with Gasteiger partial charge in [-0.25, -0.2) is 0 Å². The van der Waals surface area contributed by atoms with Crippen molar-refractivity contribution >= 4 is 0 Å². The van der Waals surface area contributed by atoms with E-state index in [1.807, 2.05) is 0 Å². The summed E-state index contributed by atoms with van der Waals surface area (Å²) in [6.07, 6.45) is 17.9. The molecule has 24 heavy (non-hydrogen) atoms. The normalized spacial score (nSPS) is 11.2. The summed E-state index contributed by atoms with van der Waals surface area (Å²) >= 11 is 0. The Morgan fingerprint density at radius 1 is 0.333 bits per heavy atom. The first-order valence-corrected chi connectivity index (χ1v) is 11.0. The van der Waals surface area contributed by atoms with Gasteiger partial charge in [0.2, 0.25) is 0 Å². The van der Waals surface area contributed by atoms with E-state index in [2.05, 4.69) is 29.8 Å². The molecule has 0 fully saturated rings. The molecule has 0 amide bonds. The monoisotopic (exact) mass is 341 g/mol. The van der Waals surface area contributed by atoms with E-state index in [1.165, 1.54) is 96.6 Å². The van der Waals surface area contributed by atoms with Gasteiger partial charge < -0.3 is 16.0 Å². The van der Waals surface area contributed by atoms with E-state index in [4.69, 9.17) is 0 Å². The van der Waals surface area contributed by atoms with Gasteiger partial charge in [-0.15, -0.1) is 0 Å². The third-order valence-electron chi connectivity index (χ3n) is 4.60. The number of unbranched alkanes of at least 4 members (excludes halogenated alkanes) is 10. The van der Waals surface area contributed by atoms with Crippen molar-refractivity contribution in [1.29, 1.82) is 0 Å². The first-order valence-electron chi connectivity index (χ1n) is 11.0. The largest absolute Gasteiger partial charge is 0.317 e. The van der Waals surface area contributed by atoms with Crippen LogP contribution in [-0.2, 0) is 0 Å². The van der Waals surface area contributed by atoms with Crippen molar-refractivity contribution in [2.24, 2.45) is 0 Å². The summed E-state index contributed by atoms with van der Waals surface area (Å²) in [5, 5.41) is 10.6. The minimum absolute atomic E-state index is 1.10. The molecule has 0 aromatic rings. The van der Waals surface area contributed by atoms with E-state index < -0.39 is 0 Å². The van der Waals surface area contributed by atoms with Crippen LogP contribution in [-0.4, -0.2) is 39.3 Å². The van der Waals surface area contributed by atoms with E-state index >= 15 is 0 Å². The van der Waals surface area contributed by atoms with Crippen LogP contribution in [0.1, 0.15) is 97.3 Å². The van der Waals surface area contributed by atoms with Crippen LogP contribution in [0.25, 0.3) is 0 Å². The second-order valence-corrected chi connectivity index (χ2v) is 7.14. The zero-order valence-electron chi connectivity index (χ0n) is 16.9. The molecule has 0 saturated heterocycles. The maximum atomic E-state index is 3.56. The van der Waals surface area contributed by atoms with E-state index in [1.54, 1.807) is 0 Å². The Labute approximate surface area is 153 Å². The van der Waals surface area contributed by atoms with E-state index in [0.29, 0.717) is 0 Å². The highest BCUT2D eigenvalue weighted by Gasteiger charge is 1.93. The highest BCUT2D eigenvalue weighted by Crippen LogP contribution is 2.04. The zero-order chi connectivity index (χ0) is 17.6. The molecule has 3 heteroatoms. The summed E-state index contributed by atoms with van der Waals surface area (Å²) in [4.78, 5) is 0. The van der Waals surface area contributed by atoms with Gasteiger partial charge in [0.1, 0.15) is 0 Å². The van der Waals surface area contributed by atoms with Crippen molar-refractivity contribution in [3.8, 4) is 0 Å². The van der Waals surface area contributed by atoms with Gasteiger partial charge in [-0.1, -0.05) is 78.1 Å². The fourth-order valence-electron chi connectivity index (χ4n) is 2.95. The lowest BCUT2D eigenvalue weighted by atomic mass is 10.1. The molecule has 3 N–H and O–H groups in total. The quantitative estimate of drug-likeness (QED) is 0.261. The van der Waals surface area contributed by atoms with Gasteiger partial charge in [-0.3, -0.25) is 0 Å². The van der Waals surface area contributed by atoms with E-state index in [0.717, 1.165) is 26.2 Å². The molecule has 0 unspecified atom stereocenters. The number of hydrogen-bond acceptors (Lipinski definition) is 3. The van der Waals surface area contributed by atoms with Gasteiger partial charge in [-0.05, 0) is 45.4 Å². The number of nitrogens with one attached hydrogen (secondary N) is 3. The Morgan fingerprint density at radius 2 is 0.667 bits per heavy atom. The van der Waals surface area contributed by atoms with Crippen LogP contribution in [0.15, 0.2) is 0 Å². The fraction of sp³-hybridized carbons (Fsp3) is 1.00. The van der Waals surface area contributed by atoms with Gasteiger partial charge in [0.15, 0.2) is 0 Å². The summed E-state index contributed by atoms with van der Waals surface area (Å²) in [7, 11) is 0. The van der Waals surface area contributed by atoms with Gasteiger partial charge in [0, 0.05) is 13.1 Å². The molecule has 0 atom stereocenters. The molecule has 0 heterocycles. The van der Waals surface area contributed by atoms with Crippen LogP contribution in [0.2, 0.25) is 0 Å². The summed E-state index contributed by atoms with van der Waals surface area (Å²) in [5.41, 5.74) is 0. The predicted octanol–water partition coefficient (Wildman–Crippen LogP) is 4.87. The van der Waals surface area contributed by atoms with Gasteiger partial charge in [0.05, 0.1) is 0 Å². The van der Waals surface area contributed by atoms with Crippen molar-refractivity contribution in [2.45, 2.75) is 97.3 Å². The Bertz CT molecular complexity index is 187. The second kappa shape index (κ2) is 22.9. The molecule has 0 rings (SSSR count). The van der Waals surface area contributed by atoms with Gasteiger partial charge in [0.25, 0.3) is 0 Å². The van der Waals surface area contributed by atoms with Crippen molar-refractivity contribution in [1.82, 2.24) is 16.0 Å². The van der Waals surface area contributed by atoms with Crippen LogP contribution in [0, 0.1) is 0 Å². The second-order valence-electron chi connectivity index (χ2n) is 7.14. The average molecular weight is 342 g/mol. The van der Waals surface area contributed by atoms with Crippen molar-refractivity contribution in [3.63, 3.8) is 0 Å². The molecule has 146 valence electrons. The Balaban J connectivity index is 2.93. The van der Waals surface area contributed by atoms with Gasteiger partial charge in [-0.2, -0.15) is 0 Å². The third-order valence-corrected chi connectivity index (χ3v) is 4.60. The number of rotatable bonds is 21. The maximum absolute atomic E-state index is 3.56. The molecule has 0 aromatic heterocycles. The molecule has 0 aromatic carbocycles. The van der Waals surface area contributed by atoms with Gasteiger partial charge >= 0.3 is 0 Å². The van der Waals surface area contributed by atoms with Crippen LogP contribution in [0.3, 0.4) is 0 Å². The SMILES string of the molecule is CCCCCCCCNCCCNCCNCCCCCCCC. The van der Waals surface area contributed by atoms with Crippen LogP contribution < -0.4 is 16.0 Å². The summed E-state index contributed by atoms with van der Waals surface area (Å²) in [6.45, 7) is 11.5. The van der Waals surface area contributed by atoms with E-state index in [-0.39, 0.29) is 0 Å². The summed E-state index contributed by atoms with van der Waals surface area (Å²) in [6, 6.07) is 0. The van der Waals surface area contributed by atoms with Crippen molar-refractivity contribution in [2.75, 3.05) is 39.3 Å². The molecule has 0 aliphatic heterocycles. The molecule has 0 bridgehead atoms. The molecule has 0 radical (unpaired) electrons. The fourth-order valence-corrected chi connectivity index (χ4v) is 2.95. The van der Waals surface area contributed by atoms with E-state index in [9.17, 15) is 0 Å². The molecule has 0 spiro atoms. The van der Waals surface area contributed by atoms with Crippen molar-refractivity contribution in [3.05, 3.63) is 0 Å². The highest BCUT2D eigenvalue weighted by atomic mass is 14.9. The summed E-state index contributed by atoms with van der Waals surface area (Å²) < 4.78 is 0. The number of hydrogen-bond donors (Lipinski definition) is 3. The summed E-state index contributed by atoms with van der Waals surface area (Å²) in [5.74, 6) is 0. The van der Waals surface area contributed by atoms with Crippen molar-refractivity contribution < 1.29 is 0 Å². The zero-order valence-corrected chi connectivity index (χ0v) is 16.9. The predicted molar refractivity (Wildman–Crippen MR) is 110 cm³/mol. The molecular formula is C21H47N3.